The van der Waals surface area contributed by atoms with Crippen molar-refractivity contribution in [1.82, 2.24) is 19.6 Å². The van der Waals surface area contributed by atoms with Gasteiger partial charge in [-0.2, -0.15) is 5.10 Å². The second-order valence-corrected chi connectivity index (χ2v) is 8.50. The normalized spacial score (nSPS) is 20.7. The molecule has 0 bridgehead atoms. The molecule has 1 unspecified atom stereocenters. The predicted octanol–water partition coefficient (Wildman–Crippen LogP) is 1.99. The Morgan fingerprint density at radius 3 is 2.55 bits per heavy atom. The van der Waals surface area contributed by atoms with E-state index in [1.54, 1.807) is 6.07 Å². The molecule has 2 aromatic rings. The highest BCUT2D eigenvalue weighted by Crippen LogP contribution is 2.18. The lowest BCUT2D eigenvalue weighted by Crippen LogP contribution is -2.50. The van der Waals surface area contributed by atoms with Crippen molar-refractivity contribution in [3.05, 3.63) is 40.3 Å². The number of amides is 1. The second-order valence-electron chi connectivity index (χ2n) is 8.50. The van der Waals surface area contributed by atoms with Crippen LogP contribution in [0.1, 0.15) is 37.2 Å². The van der Waals surface area contributed by atoms with E-state index in [0.717, 1.165) is 39.1 Å². The van der Waals surface area contributed by atoms with E-state index in [1.807, 2.05) is 36.9 Å². The molecule has 2 aliphatic rings. The Balaban J connectivity index is 1.54. The molecule has 0 saturated carbocycles. The summed E-state index contributed by atoms with van der Waals surface area (Å²) in [4.78, 5) is 30.3. The number of rotatable bonds is 5. The van der Waals surface area contributed by atoms with Gasteiger partial charge in [0.05, 0.1) is 11.5 Å². The van der Waals surface area contributed by atoms with E-state index in [0.29, 0.717) is 42.2 Å². The van der Waals surface area contributed by atoms with Crippen molar-refractivity contribution in [3.63, 3.8) is 0 Å². The van der Waals surface area contributed by atoms with Crippen molar-refractivity contribution in [2.45, 2.75) is 39.3 Å². The van der Waals surface area contributed by atoms with Crippen molar-refractivity contribution in [2.75, 3.05) is 39.3 Å². The van der Waals surface area contributed by atoms with Crippen LogP contribution in [0.25, 0.3) is 10.8 Å². The third-order valence-corrected chi connectivity index (χ3v) is 5.75. The van der Waals surface area contributed by atoms with Crippen LogP contribution in [0.15, 0.2) is 29.1 Å². The first-order chi connectivity index (χ1) is 14.0. The molecule has 156 valence electrons. The number of fused-ring (bicyclic) bond motifs is 1. The lowest BCUT2D eigenvalue weighted by molar-refractivity contribution is 0.0429. The number of nitrogens with zero attached hydrogens (tertiary/aromatic N) is 4. The quantitative estimate of drug-likeness (QED) is 0.771. The summed E-state index contributed by atoms with van der Waals surface area (Å²) in [5, 5.41) is 5.70. The van der Waals surface area contributed by atoms with E-state index in [1.165, 1.54) is 4.68 Å². The molecule has 7 nitrogen and oxygen atoms in total. The summed E-state index contributed by atoms with van der Waals surface area (Å²) in [5.74, 6) is 0.182. The van der Waals surface area contributed by atoms with Crippen LogP contribution in [0, 0.1) is 5.92 Å². The van der Waals surface area contributed by atoms with Crippen LogP contribution in [-0.4, -0.2) is 70.9 Å². The fraction of sp³-hybridized carbons (Fsp3) is 0.591. The number of aromatic nitrogens is 2. The van der Waals surface area contributed by atoms with E-state index in [4.69, 9.17) is 4.74 Å². The minimum absolute atomic E-state index is 0.0875. The van der Waals surface area contributed by atoms with Crippen molar-refractivity contribution in [1.29, 1.82) is 0 Å². The van der Waals surface area contributed by atoms with Gasteiger partial charge in [0.15, 0.2) is 5.69 Å². The van der Waals surface area contributed by atoms with Crippen molar-refractivity contribution >= 4 is 16.7 Å². The second kappa shape index (κ2) is 8.63. The average Bonchev–Trinajstić information content (AvgIpc) is 3.23. The van der Waals surface area contributed by atoms with Crippen LogP contribution < -0.4 is 5.56 Å². The third-order valence-electron chi connectivity index (χ3n) is 5.75. The summed E-state index contributed by atoms with van der Waals surface area (Å²) in [6, 6.07) is 7.30. The minimum Gasteiger partial charge on any atom is -0.377 e. The molecule has 2 saturated heterocycles. The monoisotopic (exact) mass is 398 g/mol. The molecule has 4 rings (SSSR count). The molecule has 29 heavy (non-hydrogen) atoms. The molecule has 2 fully saturated rings. The molecular formula is C22H30N4O3. The zero-order chi connectivity index (χ0) is 20.4. The number of hydrogen-bond acceptors (Lipinski definition) is 5. The third kappa shape index (κ3) is 4.36. The van der Waals surface area contributed by atoms with Crippen LogP contribution in [0.3, 0.4) is 0 Å². The Bertz CT molecular complexity index is 925. The molecule has 0 N–H and O–H groups in total. The zero-order valence-corrected chi connectivity index (χ0v) is 17.3. The van der Waals surface area contributed by atoms with E-state index in [2.05, 4.69) is 10.00 Å². The predicted molar refractivity (Wildman–Crippen MR) is 112 cm³/mol. The molecule has 1 atom stereocenters. The fourth-order valence-electron chi connectivity index (χ4n) is 4.22. The molecule has 1 aromatic carbocycles. The van der Waals surface area contributed by atoms with Crippen LogP contribution in [0.4, 0.5) is 0 Å². The van der Waals surface area contributed by atoms with Gasteiger partial charge in [-0.3, -0.25) is 14.5 Å². The summed E-state index contributed by atoms with van der Waals surface area (Å²) < 4.78 is 7.19. The largest absolute Gasteiger partial charge is 0.377 e. The van der Waals surface area contributed by atoms with E-state index in [-0.39, 0.29) is 17.4 Å². The first kappa shape index (κ1) is 20.0. The van der Waals surface area contributed by atoms with Gasteiger partial charge in [0, 0.05) is 51.3 Å². The first-order valence-corrected chi connectivity index (χ1v) is 10.7. The smallest absolute Gasteiger partial charge is 0.275 e. The number of piperazine rings is 1. The summed E-state index contributed by atoms with van der Waals surface area (Å²) in [6.07, 6.45) is 2.61. The Morgan fingerprint density at radius 2 is 1.90 bits per heavy atom. The standard InChI is InChI=1S/C22H30N4O3/c1-16(2)14-26-21(27)19-8-4-3-7-18(19)20(23-26)22(28)25-11-9-24(10-12-25)15-17-6-5-13-29-17/h3-4,7-8,16-17H,5-6,9-15H2,1-2H3. The maximum absolute atomic E-state index is 13.3. The molecule has 1 amide bonds. The number of carbonyl (C=O) groups excluding carboxylic acids is 1. The number of hydrogen-bond donors (Lipinski definition) is 0. The van der Waals surface area contributed by atoms with E-state index in [9.17, 15) is 9.59 Å². The molecule has 3 heterocycles. The van der Waals surface area contributed by atoms with Crippen LogP contribution in [0.2, 0.25) is 0 Å². The van der Waals surface area contributed by atoms with E-state index < -0.39 is 0 Å². The topological polar surface area (TPSA) is 67.7 Å². The average molecular weight is 399 g/mol. The van der Waals surface area contributed by atoms with Gasteiger partial charge in [0.25, 0.3) is 11.5 Å². The SMILES string of the molecule is CC(C)Cn1nc(C(=O)N2CCN(CC3CCCO3)CC2)c2ccccc2c1=O. The van der Waals surface area contributed by atoms with Gasteiger partial charge in [-0.05, 0) is 24.8 Å². The Labute approximate surface area is 171 Å². The lowest BCUT2D eigenvalue weighted by atomic mass is 10.1. The van der Waals surface area contributed by atoms with Crippen molar-refractivity contribution in [2.24, 2.45) is 5.92 Å². The molecule has 2 aliphatic heterocycles. The van der Waals surface area contributed by atoms with Gasteiger partial charge in [0.2, 0.25) is 0 Å². The van der Waals surface area contributed by atoms with Crippen LogP contribution in [0.5, 0.6) is 0 Å². The number of ether oxygens (including phenoxy) is 1. The molecular weight excluding hydrogens is 368 g/mol. The first-order valence-electron chi connectivity index (χ1n) is 10.7. The highest BCUT2D eigenvalue weighted by Gasteiger charge is 2.27. The summed E-state index contributed by atoms with van der Waals surface area (Å²) >= 11 is 0. The summed E-state index contributed by atoms with van der Waals surface area (Å²) in [7, 11) is 0. The van der Waals surface area contributed by atoms with Crippen molar-refractivity contribution < 1.29 is 9.53 Å². The van der Waals surface area contributed by atoms with Gasteiger partial charge < -0.3 is 9.64 Å². The minimum atomic E-state index is -0.132. The van der Waals surface area contributed by atoms with Crippen molar-refractivity contribution in [3.8, 4) is 0 Å². The van der Waals surface area contributed by atoms with Gasteiger partial charge in [-0.15, -0.1) is 0 Å². The molecule has 7 heteroatoms. The highest BCUT2D eigenvalue weighted by atomic mass is 16.5. The molecule has 1 aromatic heterocycles. The zero-order valence-electron chi connectivity index (χ0n) is 17.3. The fourth-order valence-corrected chi connectivity index (χ4v) is 4.22. The number of benzene rings is 1. The Hall–Kier alpha value is -2.25. The summed E-state index contributed by atoms with van der Waals surface area (Å²) in [6.45, 7) is 9.42. The van der Waals surface area contributed by atoms with Crippen LogP contribution >= 0.6 is 0 Å². The Kier molecular flexibility index (Phi) is 5.96. The maximum atomic E-state index is 13.3. The lowest BCUT2D eigenvalue weighted by Gasteiger charge is -2.35. The van der Waals surface area contributed by atoms with Gasteiger partial charge in [0.1, 0.15) is 0 Å². The van der Waals surface area contributed by atoms with Gasteiger partial charge in [-0.25, -0.2) is 4.68 Å². The highest BCUT2D eigenvalue weighted by molar-refractivity contribution is 6.04. The maximum Gasteiger partial charge on any atom is 0.275 e. The molecule has 0 aliphatic carbocycles. The van der Waals surface area contributed by atoms with E-state index >= 15 is 0 Å². The van der Waals surface area contributed by atoms with Gasteiger partial charge in [-0.1, -0.05) is 32.0 Å². The summed E-state index contributed by atoms with van der Waals surface area (Å²) in [5.41, 5.74) is 0.251. The number of carbonyl (C=O) groups is 1. The Morgan fingerprint density at radius 1 is 1.17 bits per heavy atom. The molecule has 0 spiro atoms. The van der Waals surface area contributed by atoms with Gasteiger partial charge >= 0.3 is 0 Å². The molecule has 0 radical (unpaired) electrons. The van der Waals surface area contributed by atoms with Crippen LogP contribution in [-0.2, 0) is 11.3 Å².